The van der Waals surface area contributed by atoms with E-state index in [2.05, 4.69) is 4.99 Å². The predicted molar refractivity (Wildman–Crippen MR) is 97.4 cm³/mol. The van der Waals surface area contributed by atoms with Gasteiger partial charge in [-0.15, -0.1) is 0 Å². The van der Waals surface area contributed by atoms with E-state index in [0.717, 1.165) is 16.9 Å². The molecule has 2 aromatic rings. The fraction of sp³-hybridized carbons (Fsp3) is 0.222. The molecule has 0 fully saturated rings. The number of esters is 1. The molecule has 24 heavy (non-hydrogen) atoms. The van der Waals surface area contributed by atoms with Crippen LogP contribution in [0.3, 0.4) is 0 Å². The van der Waals surface area contributed by atoms with Gasteiger partial charge in [0, 0.05) is 11.3 Å². The first-order valence-corrected chi connectivity index (χ1v) is 8.34. The maximum Gasteiger partial charge on any atom is 0.337 e. The van der Waals surface area contributed by atoms with E-state index in [9.17, 15) is 4.79 Å². The average molecular weight is 344 g/mol. The van der Waals surface area contributed by atoms with Gasteiger partial charge in [0.05, 0.1) is 26.3 Å². The Labute approximate surface area is 145 Å². The number of hydrogen-bond acceptors (Lipinski definition) is 5. The summed E-state index contributed by atoms with van der Waals surface area (Å²) in [5, 5.41) is 0.490. The number of hydrogen-bond donors (Lipinski definition) is 1. The number of para-hydroxylation sites is 1. The standard InChI is InChI=1S/C18H20N2O3S/c1-22-16-9-4-3-7-15(16)11-20-18(19)24-12-13-6-5-8-14(10-13)17(21)23-2/h3-10H,11-12H2,1-2H3,(H2,19,20). The third-order valence-corrected chi connectivity index (χ3v) is 4.24. The van der Waals surface area contributed by atoms with Crippen molar-refractivity contribution in [2.75, 3.05) is 14.2 Å². The molecule has 0 bridgehead atoms. The summed E-state index contributed by atoms with van der Waals surface area (Å²) in [6.07, 6.45) is 0. The topological polar surface area (TPSA) is 73.9 Å². The van der Waals surface area contributed by atoms with Crippen molar-refractivity contribution < 1.29 is 14.3 Å². The summed E-state index contributed by atoms with van der Waals surface area (Å²) in [7, 11) is 3.00. The van der Waals surface area contributed by atoms with Crippen molar-refractivity contribution in [3.05, 3.63) is 65.2 Å². The summed E-state index contributed by atoms with van der Waals surface area (Å²) >= 11 is 1.43. The molecule has 0 amide bonds. The van der Waals surface area contributed by atoms with Crippen molar-refractivity contribution in [2.24, 2.45) is 10.7 Å². The van der Waals surface area contributed by atoms with Crippen LogP contribution in [0.15, 0.2) is 53.5 Å². The molecule has 0 aliphatic heterocycles. The van der Waals surface area contributed by atoms with Crippen molar-refractivity contribution in [1.29, 1.82) is 0 Å². The van der Waals surface area contributed by atoms with Crippen LogP contribution in [0.25, 0.3) is 0 Å². The second kappa shape index (κ2) is 8.98. The Kier molecular flexibility index (Phi) is 6.69. The number of thioether (sulfide) groups is 1. The molecule has 0 aromatic heterocycles. The van der Waals surface area contributed by atoms with Crippen molar-refractivity contribution in [3.63, 3.8) is 0 Å². The lowest BCUT2D eigenvalue weighted by Gasteiger charge is -2.07. The van der Waals surface area contributed by atoms with E-state index in [0.29, 0.717) is 23.0 Å². The number of nitrogens with zero attached hydrogens (tertiary/aromatic N) is 1. The highest BCUT2D eigenvalue weighted by Crippen LogP contribution is 2.19. The highest BCUT2D eigenvalue weighted by Gasteiger charge is 2.06. The lowest BCUT2D eigenvalue weighted by molar-refractivity contribution is 0.0600. The Bertz CT molecular complexity index is 732. The van der Waals surface area contributed by atoms with Crippen LogP contribution in [0.1, 0.15) is 21.5 Å². The van der Waals surface area contributed by atoms with Gasteiger partial charge in [0.1, 0.15) is 5.75 Å². The molecule has 2 aromatic carbocycles. The minimum absolute atomic E-state index is 0.348. The lowest BCUT2D eigenvalue weighted by atomic mass is 10.1. The fourth-order valence-electron chi connectivity index (χ4n) is 2.11. The maximum absolute atomic E-state index is 11.5. The van der Waals surface area contributed by atoms with Gasteiger partial charge in [0.15, 0.2) is 5.17 Å². The molecule has 0 heterocycles. The van der Waals surface area contributed by atoms with Crippen LogP contribution in [0.4, 0.5) is 0 Å². The van der Waals surface area contributed by atoms with Gasteiger partial charge in [0.25, 0.3) is 0 Å². The van der Waals surface area contributed by atoms with Gasteiger partial charge in [-0.05, 0) is 23.8 Å². The minimum Gasteiger partial charge on any atom is -0.496 e. The highest BCUT2D eigenvalue weighted by atomic mass is 32.2. The smallest absolute Gasteiger partial charge is 0.337 e. The van der Waals surface area contributed by atoms with E-state index in [1.165, 1.54) is 18.9 Å². The second-order valence-electron chi connectivity index (χ2n) is 4.95. The van der Waals surface area contributed by atoms with Crippen LogP contribution in [0.5, 0.6) is 5.75 Å². The molecule has 0 aliphatic rings. The average Bonchev–Trinajstić information content (AvgIpc) is 2.64. The van der Waals surface area contributed by atoms with E-state index >= 15 is 0 Å². The fourth-order valence-corrected chi connectivity index (χ4v) is 2.76. The van der Waals surface area contributed by atoms with E-state index in [1.807, 2.05) is 36.4 Å². The Hall–Kier alpha value is -2.47. The number of aliphatic imine (C=N–C) groups is 1. The monoisotopic (exact) mass is 344 g/mol. The van der Waals surface area contributed by atoms with Crippen molar-refractivity contribution in [2.45, 2.75) is 12.3 Å². The van der Waals surface area contributed by atoms with Crippen LogP contribution < -0.4 is 10.5 Å². The summed E-state index contributed by atoms with van der Waals surface area (Å²) in [5.41, 5.74) is 8.46. The molecule has 0 saturated carbocycles. The number of benzene rings is 2. The van der Waals surface area contributed by atoms with Crippen LogP contribution >= 0.6 is 11.8 Å². The molecule has 126 valence electrons. The Morgan fingerprint density at radius 3 is 2.71 bits per heavy atom. The van der Waals surface area contributed by atoms with Gasteiger partial charge in [-0.25, -0.2) is 4.79 Å². The quantitative estimate of drug-likeness (QED) is 0.495. The van der Waals surface area contributed by atoms with Gasteiger partial charge in [0.2, 0.25) is 0 Å². The van der Waals surface area contributed by atoms with Gasteiger partial charge in [-0.3, -0.25) is 4.99 Å². The second-order valence-corrected chi connectivity index (χ2v) is 5.94. The molecule has 0 atom stereocenters. The number of carbonyl (C=O) groups is 1. The van der Waals surface area contributed by atoms with Crippen LogP contribution in [-0.4, -0.2) is 25.4 Å². The SMILES string of the molecule is COC(=O)c1cccc(CSC(N)=NCc2ccccc2OC)c1. The van der Waals surface area contributed by atoms with Crippen LogP contribution in [0.2, 0.25) is 0 Å². The normalized spacial score (nSPS) is 11.2. The largest absolute Gasteiger partial charge is 0.496 e. The van der Waals surface area contributed by atoms with Gasteiger partial charge in [-0.1, -0.05) is 42.1 Å². The number of ether oxygens (including phenoxy) is 2. The maximum atomic E-state index is 11.5. The number of amidine groups is 1. The molecule has 2 N–H and O–H groups in total. The summed E-state index contributed by atoms with van der Waals surface area (Å²) in [6.45, 7) is 0.463. The Morgan fingerprint density at radius 2 is 1.96 bits per heavy atom. The summed E-state index contributed by atoms with van der Waals surface area (Å²) < 4.78 is 10.0. The first-order chi connectivity index (χ1) is 11.6. The summed E-state index contributed by atoms with van der Waals surface area (Å²) in [5.74, 6) is 1.08. The Balaban J connectivity index is 1.95. The zero-order valence-electron chi connectivity index (χ0n) is 13.7. The Morgan fingerprint density at radius 1 is 1.17 bits per heavy atom. The van der Waals surface area contributed by atoms with E-state index < -0.39 is 0 Å². The van der Waals surface area contributed by atoms with Crippen molar-refractivity contribution >= 4 is 22.9 Å². The molecule has 2 rings (SSSR count). The summed E-state index contributed by atoms with van der Waals surface area (Å²) in [6, 6.07) is 15.0. The highest BCUT2D eigenvalue weighted by molar-refractivity contribution is 8.13. The molecule has 5 nitrogen and oxygen atoms in total. The van der Waals surface area contributed by atoms with E-state index in [-0.39, 0.29) is 5.97 Å². The van der Waals surface area contributed by atoms with Crippen LogP contribution in [-0.2, 0) is 17.0 Å². The third kappa shape index (κ3) is 5.03. The molecule has 0 saturated heterocycles. The van der Waals surface area contributed by atoms with Gasteiger partial charge >= 0.3 is 5.97 Å². The van der Waals surface area contributed by atoms with Gasteiger partial charge in [-0.2, -0.15) is 0 Å². The predicted octanol–water partition coefficient (Wildman–Crippen LogP) is 3.23. The van der Waals surface area contributed by atoms with E-state index in [1.54, 1.807) is 19.2 Å². The molecular formula is C18H20N2O3S. The molecule has 6 heteroatoms. The molecule has 0 spiro atoms. The van der Waals surface area contributed by atoms with Crippen molar-refractivity contribution in [3.8, 4) is 5.75 Å². The van der Waals surface area contributed by atoms with Gasteiger partial charge < -0.3 is 15.2 Å². The van der Waals surface area contributed by atoms with Crippen LogP contribution in [0, 0.1) is 0 Å². The first-order valence-electron chi connectivity index (χ1n) is 7.36. The first kappa shape index (κ1) is 17.9. The molecular weight excluding hydrogens is 324 g/mol. The zero-order valence-corrected chi connectivity index (χ0v) is 14.5. The summed E-state index contributed by atoms with van der Waals surface area (Å²) in [4.78, 5) is 15.9. The lowest BCUT2D eigenvalue weighted by Crippen LogP contribution is -2.08. The minimum atomic E-state index is -0.348. The molecule has 0 radical (unpaired) electrons. The third-order valence-electron chi connectivity index (χ3n) is 3.33. The van der Waals surface area contributed by atoms with E-state index in [4.69, 9.17) is 15.2 Å². The zero-order chi connectivity index (χ0) is 17.4. The molecule has 0 unspecified atom stereocenters. The number of nitrogens with two attached hydrogens (primary N) is 1. The number of rotatable bonds is 6. The number of carbonyl (C=O) groups excluding carboxylic acids is 1. The number of methoxy groups -OCH3 is 2. The molecule has 0 aliphatic carbocycles. The van der Waals surface area contributed by atoms with Crippen molar-refractivity contribution in [1.82, 2.24) is 0 Å².